The molecule has 6 N–H and O–H groups in total. The number of hydrogen-bond donors (Lipinski definition) is 4. The molecule has 2 aromatic carbocycles. The molecule has 9 heteroatoms. The first-order valence-electron chi connectivity index (χ1n) is 12.0. The Morgan fingerprint density at radius 1 is 1.06 bits per heavy atom. The zero-order chi connectivity index (χ0) is 25.0. The molecule has 9 nitrogen and oxygen atoms in total. The second kappa shape index (κ2) is 13.1. The maximum atomic E-state index is 11.8. The van der Waals surface area contributed by atoms with E-state index < -0.39 is 0 Å². The molecule has 0 radical (unpaired) electrons. The number of unbranched alkanes of at least 4 members (excludes halogenated alkanes) is 2. The summed E-state index contributed by atoms with van der Waals surface area (Å²) in [7, 11) is 0. The van der Waals surface area contributed by atoms with Crippen molar-refractivity contribution in [3.8, 4) is 5.75 Å². The van der Waals surface area contributed by atoms with Crippen LogP contribution in [0.1, 0.15) is 44.6 Å². The average molecular weight is 478 g/mol. The van der Waals surface area contributed by atoms with Crippen molar-refractivity contribution in [1.82, 2.24) is 15.3 Å². The fourth-order valence-corrected chi connectivity index (χ4v) is 3.34. The van der Waals surface area contributed by atoms with Crippen LogP contribution in [-0.4, -0.2) is 29.0 Å². The minimum Gasteiger partial charge on any atom is -0.494 e. The van der Waals surface area contributed by atoms with Crippen LogP contribution >= 0.6 is 0 Å². The Hall–Kier alpha value is -3.85. The fourth-order valence-electron chi connectivity index (χ4n) is 3.34. The van der Waals surface area contributed by atoms with Crippen molar-refractivity contribution in [1.29, 1.82) is 0 Å². The molecule has 0 saturated carbocycles. The van der Waals surface area contributed by atoms with Crippen molar-refractivity contribution in [3.63, 3.8) is 0 Å². The largest absolute Gasteiger partial charge is 0.494 e. The van der Waals surface area contributed by atoms with Gasteiger partial charge in [-0.15, -0.1) is 0 Å². The molecule has 0 aliphatic carbocycles. The van der Waals surface area contributed by atoms with Crippen LogP contribution in [0.3, 0.4) is 0 Å². The molecule has 0 saturated heterocycles. The summed E-state index contributed by atoms with van der Waals surface area (Å²) in [6.45, 7) is 5.37. The molecule has 0 aliphatic heterocycles. The highest BCUT2D eigenvalue weighted by molar-refractivity contribution is 5.75. The third-order valence-corrected chi connectivity index (χ3v) is 5.37. The quantitative estimate of drug-likeness (QED) is 0.160. The number of nitrogens with two attached hydrogens (primary N) is 2. The lowest BCUT2D eigenvalue weighted by Gasteiger charge is -2.20. The third kappa shape index (κ3) is 8.15. The number of benzene rings is 2. The third-order valence-electron chi connectivity index (χ3n) is 5.37. The maximum Gasteiger partial charge on any atom is 0.229 e. The number of aromatic nitrogens is 2. The van der Waals surface area contributed by atoms with Gasteiger partial charge in [0.1, 0.15) is 5.75 Å². The lowest BCUT2D eigenvalue weighted by Crippen LogP contribution is -2.27. The lowest BCUT2D eigenvalue weighted by atomic mass is 10.2. The van der Waals surface area contributed by atoms with Gasteiger partial charge >= 0.3 is 0 Å². The summed E-state index contributed by atoms with van der Waals surface area (Å²) in [5.74, 6) is 7.85. The summed E-state index contributed by atoms with van der Waals surface area (Å²) in [6.07, 6.45) is 5.92. The van der Waals surface area contributed by atoms with Crippen LogP contribution in [-0.2, 0) is 4.79 Å². The van der Waals surface area contributed by atoms with Gasteiger partial charge in [-0.05, 0) is 56.2 Å². The van der Waals surface area contributed by atoms with Gasteiger partial charge < -0.3 is 21.1 Å². The number of nitrogens with one attached hydrogen (secondary N) is 2. The van der Waals surface area contributed by atoms with E-state index in [0.717, 1.165) is 31.5 Å². The first-order valence-corrected chi connectivity index (χ1v) is 12.0. The molecule has 0 atom stereocenters. The number of rotatable bonds is 13. The summed E-state index contributed by atoms with van der Waals surface area (Å²) in [5.41, 5.74) is 9.17. The number of nitrogens with zero attached hydrogens (tertiary/aromatic N) is 3. The van der Waals surface area contributed by atoms with Crippen molar-refractivity contribution in [2.45, 2.75) is 46.0 Å². The summed E-state index contributed by atoms with van der Waals surface area (Å²) < 4.78 is 5.76. The molecule has 1 aromatic heterocycles. The van der Waals surface area contributed by atoms with Crippen molar-refractivity contribution in [2.24, 2.45) is 5.84 Å². The van der Waals surface area contributed by atoms with Gasteiger partial charge in [0.05, 0.1) is 24.2 Å². The zero-order valence-corrected chi connectivity index (χ0v) is 20.5. The molecule has 35 heavy (non-hydrogen) atoms. The van der Waals surface area contributed by atoms with Crippen LogP contribution in [0.25, 0.3) is 0 Å². The fraction of sp³-hybridized carbons (Fsp3) is 0.346. The Kier molecular flexibility index (Phi) is 9.68. The van der Waals surface area contributed by atoms with E-state index in [2.05, 4.69) is 27.5 Å². The van der Waals surface area contributed by atoms with E-state index in [1.165, 1.54) is 16.8 Å². The summed E-state index contributed by atoms with van der Waals surface area (Å²) in [5, 5.41) is 7.50. The Bertz CT molecular complexity index is 1070. The van der Waals surface area contributed by atoms with Gasteiger partial charge in [0.15, 0.2) is 5.82 Å². The number of hydrazine groups is 1. The predicted molar refractivity (Wildman–Crippen MR) is 141 cm³/mol. The smallest absolute Gasteiger partial charge is 0.229 e. The van der Waals surface area contributed by atoms with Crippen LogP contribution < -0.4 is 32.0 Å². The molecule has 1 amide bonds. The van der Waals surface area contributed by atoms with E-state index in [1.54, 1.807) is 0 Å². The van der Waals surface area contributed by atoms with Gasteiger partial charge in [-0.2, -0.15) is 4.98 Å². The Balaban J connectivity index is 1.51. The number of ether oxygens (including phenoxy) is 1. The van der Waals surface area contributed by atoms with Gasteiger partial charge in [-0.3, -0.25) is 9.80 Å². The van der Waals surface area contributed by atoms with Crippen molar-refractivity contribution in [2.75, 3.05) is 29.2 Å². The minimum absolute atomic E-state index is 0.0671. The van der Waals surface area contributed by atoms with Crippen LogP contribution in [0, 0.1) is 6.92 Å². The zero-order valence-electron chi connectivity index (χ0n) is 20.5. The maximum absolute atomic E-state index is 11.8. The molecule has 1 heterocycles. The normalized spacial score (nSPS) is 10.6. The van der Waals surface area contributed by atoms with Gasteiger partial charge in [-0.1, -0.05) is 37.5 Å². The highest BCUT2D eigenvalue weighted by atomic mass is 16.5. The SMILES string of the molecule is CCCCCNC(=O)CCCOc1ccc(N(N)c2nc(Nc3ccc(C)cc3)ncc2N)cc1. The van der Waals surface area contributed by atoms with E-state index in [9.17, 15) is 4.79 Å². The van der Waals surface area contributed by atoms with Crippen LogP contribution in [0.2, 0.25) is 0 Å². The molecule has 186 valence electrons. The Labute approximate surface area is 206 Å². The number of carbonyl (C=O) groups is 1. The van der Waals surface area contributed by atoms with E-state index in [-0.39, 0.29) is 5.91 Å². The molecular weight excluding hydrogens is 442 g/mol. The summed E-state index contributed by atoms with van der Waals surface area (Å²) >= 11 is 0. The molecular formula is C26H35N7O2. The van der Waals surface area contributed by atoms with Crippen LogP contribution in [0.5, 0.6) is 5.75 Å². The molecule has 0 unspecified atom stereocenters. The molecule has 0 bridgehead atoms. The standard InChI is InChI=1S/C26H35N7O2/c1-3-4-5-16-29-24(34)7-6-17-35-22-14-12-21(13-15-22)33(28)25-23(27)18-30-26(32-25)31-20-10-8-19(2)9-11-20/h8-15,18H,3-7,16-17,27-28H2,1-2H3,(H,29,34)(H,30,31,32). The summed E-state index contributed by atoms with van der Waals surface area (Å²) in [4.78, 5) is 20.6. The second-order valence-electron chi connectivity index (χ2n) is 8.34. The van der Waals surface area contributed by atoms with E-state index in [0.29, 0.717) is 48.3 Å². The van der Waals surface area contributed by atoms with Crippen LogP contribution in [0.15, 0.2) is 54.7 Å². The number of anilines is 5. The Morgan fingerprint density at radius 3 is 2.51 bits per heavy atom. The molecule has 0 aliphatic rings. The topological polar surface area (TPSA) is 131 Å². The van der Waals surface area contributed by atoms with E-state index in [1.807, 2.05) is 55.5 Å². The highest BCUT2D eigenvalue weighted by Crippen LogP contribution is 2.28. The van der Waals surface area contributed by atoms with Crippen molar-refractivity contribution < 1.29 is 9.53 Å². The number of carbonyl (C=O) groups excluding carboxylic acids is 1. The molecule has 3 rings (SSSR count). The average Bonchev–Trinajstić information content (AvgIpc) is 2.87. The summed E-state index contributed by atoms with van der Waals surface area (Å²) in [6, 6.07) is 15.2. The van der Waals surface area contributed by atoms with Gasteiger partial charge in [-0.25, -0.2) is 10.8 Å². The van der Waals surface area contributed by atoms with E-state index in [4.69, 9.17) is 16.3 Å². The first-order chi connectivity index (χ1) is 17.0. The number of nitrogen functional groups attached to an aromatic ring is 1. The van der Waals surface area contributed by atoms with Gasteiger partial charge in [0.25, 0.3) is 0 Å². The minimum atomic E-state index is 0.0671. The first kappa shape index (κ1) is 25.8. The Morgan fingerprint density at radius 2 is 1.80 bits per heavy atom. The van der Waals surface area contributed by atoms with Gasteiger partial charge in [0, 0.05) is 18.7 Å². The number of hydrogen-bond acceptors (Lipinski definition) is 8. The van der Waals surface area contributed by atoms with E-state index >= 15 is 0 Å². The molecule has 0 spiro atoms. The van der Waals surface area contributed by atoms with Crippen molar-refractivity contribution in [3.05, 3.63) is 60.3 Å². The lowest BCUT2D eigenvalue weighted by molar-refractivity contribution is -0.121. The van der Waals surface area contributed by atoms with Crippen LogP contribution in [0.4, 0.5) is 28.8 Å². The molecule has 3 aromatic rings. The van der Waals surface area contributed by atoms with Gasteiger partial charge in [0.2, 0.25) is 11.9 Å². The number of amides is 1. The predicted octanol–water partition coefficient (Wildman–Crippen LogP) is 4.59. The highest BCUT2D eigenvalue weighted by Gasteiger charge is 2.13. The number of aryl methyl sites for hydroxylation is 1. The second-order valence-corrected chi connectivity index (χ2v) is 8.34. The monoisotopic (exact) mass is 477 g/mol. The van der Waals surface area contributed by atoms with Crippen molar-refractivity contribution >= 4 is 34.7 Å². The molecule has 0 fully saturated rings.